The van der Waals surface area contributed by atoms with Crippen LogP contribution >= 0.6 is 0 Å². The van der Waals surface area contributed by atoms with Crippen molar-refractivity contribution < 1.29 is 14.5 Å². The number of hydrogen-bond acceptors (Lipinski definition) is 7. The highest BCUT2D eigenvalue weighted by Crippen LogP contribution is 2.31. The first-order valence-electron chi connectivity index (χ1n) is 10.1. The maximum Gasteiger partial charge on any atom is 0.269 e. The van der Waals surface area contributed by atoms with Gasteiger partial charge in [0.1, 0.15) is 5.82 Å². The van der Waals surface area contributed by atoms with Crippen LogP contribution in [0.1, 0.15) is 37.7 Å². The Morgan fingerprint density at radius 3 is 2.71 bits per heavy atom. The van der Waals surface area contributed by atoms with Crippen LogP contribution in [0.2, 0.25) is 0 Å². The molecule has 1 saturated heterocycles. The second-order valence-electron chi connectivity index (χ2n) is 7.94. The van der Waals surface area contributed by atoms with Gasteiger partial charge in [0, 0.05) is 37.3 Å². The first-order valence-corrected chi connectivity index (χ1v) is 10.1. The standard InChI is InChI=1S/C20H22N6O5/c1-11-3-2-8-25(10-11)20-23-17-16(19(29)24-20)14(9-15(27)22-17)18(28)21-12-4-6-13(7-5-12)26(30)31/h4-7,11,14H,2-3,8-10H2,1H3,(H,21,28)(H2,22,23,24,27,29). The van der Waals surface area contributed by atoms with Crippen LogP contribution in [0, 0.1) is 16.0 Å². The lowest BCUT2D eigenvalue weighted by atomic mass is 9.92. The van der Waals surface area contributed by atoms with E-state index in [1.165, 1.54) is 24.3 Å². The molecule has 4 rings (SSSR count). The van der Waals surface area contributed by atoms with Gasteiger partial charge in [0.15, 0.2) is 0 Å². The first kappa shape index (κ1) is 20.5. The van der Waals surface area contributed by atoms with E-state index in [1.54, 1.807) is 0 Å². The number of rotatable bonds is 4. The third-order valence-corrected chi connectivity index (χ3v) is 5.56. The molecule has 2 aliphatic rings. The fourth-order valence-electron chi connectivity index (χ4n) is 4.01. The Morgan fingerprint density at radius 2 is 2.03 bits per heavy atom. The lowest BCUT2D eigenvalue weighted by Crippen LogP contribution is -2.40. The number of carbonyl (C=O) groups is 2. The molecule has 11 heteroatoms. The first-order chi connectivity index (χ1) is 14.8. The third-order valence-electron chi connectivity index (χ3n) is 5.56. The van der Waals surface area contributed by atoms with Crippen molar-refractivity contribution in [2.45, 2.75) is 32.1 Å². The average Bonchev–Trinajstić information content (AvgIpc) is 2.73. The minimum atomic E-state index is -1.02. The van der Waals surface area contributed by atoms with E-state index >= 15 is 0 Å². The second-order valence-corrected chi connectivity index (χ2v) is 7.94. The molecule has 0 bridgehead atoms. The van der Waals surface area contributed by atoms with Crippen LogP contribution in [-0.2, 0) is 9.59 Å². The summed E-state index contributed by atoms with van der Waals surface area (Å²) < 4.78 is 0. The number of amides is 2. The number of carbonyl (C=O) groups excluding carboxylic acids is 2. The molecule has 3 N–H and O–H groups in total. The number of benzene rings is 1. The van der Waals surface area contributed by atoms with E-state index in [-0.39, 0.29) is 23.5 Å². The predicted octanol–water partition coefficient (Wildman–Crippen LogP) is 1.98. The molecule has 162 valence electrons. The second kappa shape index (κ2) is 8.17. The van der Waals surface area contributed by atoms with E-state index in [0.717, 1.165) is 25.9 Å². The van der Waals surface area contributed by atoms with Crippen molar-refractivity contribution in [3.63, 3.8) is 0 Å². The number of nitrogens with zero attached hydrogens (tertiary/aromatic N) is 3. The topological polar surface area (TPSA) is 150 Å². The number of H-pyrrole nitrogens is 1. The fourth-order valence-corrected chi connectivity index (χ4v) is 4.01. The Hall–Kier alpha value is -3.76. The largest absolute Gasteiger partial charge is 0.342 e. The van der Waals surface area contributed by atoms with Crippen molar-refractivity contribution in [2.75, 3.05) is 28.6 Å². The van der Waals surface area contributed by atoms with Crippen LogP contribution in [0.3, 0.4) is 0 Å². The molecule has 0 radical (unpaired) electrons. The van der Waals surface area contributed by atoms with Crippen molar-refractivity contribution in [3.8, 4) is 0 Å². The Kier molecular flexibility index (Phi) is 5.40. The number of aromatic amines is 1. The van der Waals surface area contributed by atoms with Crippen molar-refractivity contribution >= 4 is 35.0 Å². The van der Waals surface area contributed by atoms with Gasteiger partial charge in [0.2, 0.25) is 17.8 Å². The summed E-state index contributed by atoms with van der Waals surface area (Å²) in [4.78, 5) is 57.4. The Morgan fingerprint density at radius 1 is 1.29 bits per heavy atom. The van der Waals surface area contributed by atoms with Crippen LogP contribution in [0.25, 0.3) is 0 Å². The Bertz CT molecular complexity index is 1100. The molecule has 2 aliphatic heterocycles. The predicted molar refractivity (Wildman–Crippen MR) is 113 cm³/mol. The normalized spacial score (nSPS) is 20.5. The van der Waals surface area contributed by atoms with E-state index in [0.29, 0.717) is 17.6 Å². The van der Waals surface area contributed by atoms with E-state index < -0.39 is 28.2 Å². The minimum absolute atomic E-state index is 0.0945. The quantitative estimate of drug-likeness (QED) is 0.499. The number of nitro benzene ring substituents is 1. The van der Waals surface area contributed by atoms with E-state index in [2.05, 4.69) is 27.5 Å². The zero-order valence-electron chi connectivity index (χ0n) is 16.9. The zero-order chi connectivity index (χ0) is 22.1. The number of aromatic nitrogens is 2. The highest BCUT2D eigenvalue weighted by atomic mass is 16.6. The molecule has 2 atom stereocenters. The summed E-state index contributed by atoms with van der Waals surface area (Å²) in [6, 6.07) is 5.31. The molecule has 31 heavy (non-hydrogen) atoms. The fraction of sp³-hybridized carbons (Fsp3) is 0.400. The number of anilines is 3. The summed E-state index contributed by atoms with van der Waals surface area (Å²) in [5.41, 5.74) is -0.151. The SMILES string of the molecule is CC1CCCN(c2nc3c(c(=O)[nH]2)C(C(=O)Nc2ccc([N+](=O)[O-])cc2)CC(=O)N3)C1. The van der Waals surface area contributed by atoms with Gasteiger partial charge in [-0.1, -0.05) is 6.92 Å². The van der Waals surface area contributed by atoms with E-state index in [9.17, 15) is 24.5 Å². The Balaban J connectivity index is 1.60. The highest BCUT2D eigenvalue weighted by Gasteiger charge is 2.35. The maximum atomic E-state index is 12.9. The van der Waals surface area contributed by atoms with Gasteiger partial charge in [-0.2, -0.15) is 4.98 Å². The lowest BCUT2D eigenvalue weighted by molar-refractivity contribution is -0.384. The number of hydrogen-bond donors (Lipinski definition) is 3. The number of non-ortho nitro benzene ring substituents is 1. The van der Waals surface area contributed by atoms with E-state index in [1.807, 2.05) is 4.90 Å². The monoisotopic (exact) mass is 426 g/mol. The Labute approximate surface area is 177 Å². The molecule has 1 aromatic carbocycles. The summed E-state index contributed by atoms with van der Waals surface area (Å²) >= 11 is 0. The van der Waals surface area contributed by atoms with Gasteiger partial charge in [-0.05, 0) is 30.9 Å². The summed E-state index contributed by atoms with van der Waals surface area (Å²) in [5.74, 6) is -1.05. The molecule has 0 aliphatic carbocycles. The van der Waals surface area contributed by atoms with Crippen molar-refractivity contribution in [1.82, 2.24) is 9.97 Å². The summed E-state index contributed by atoms with van der Waals surface area (Å²) in [7, 11) is 0. The number of piperidine rings is 1. The van der Waals surface area contributed by atoms with Gasteiger partial charge >= 0.3 is 0 Å². The van der Waals surface area contributed by atoms with Gasteiger partial charge in [-0.3, -0.25) is 29.5 Å². The molecule has 0 saturated carbocycles. The molecule has 3 heterocycles. The van der Waals surface area contributed by atoms with Crippen LogP contribution in [-0.4, -0.2) is 39.8 Å². The van der Waals surface area contributed by atoms with Crippen LogP contribution in [0.4, 0.5) is 23.1 Å². The maximum absolute atomic E-state index is 12.9. The number of nitrogens with one attached hydrogen (secondary N) is 3. The van der Waals surface area contributed by atoms with Crippen molar-refractivity contribution in [3.05, 3.63) is 50.3 Å². The molecular formula is C20H22N6O5. The summed E-state index contributed by atoms with van der Waals surface area (Å²) in [5, 5.41) is 16.0. The van der Waals surface area contributed by atoms with Gasteiger partial charge in [0.05, 0.1) is 16.4 Å². The average molecular weight is 426 g/mol. The summed E-state index contributed by atoms with van der Waals surface area (Å²) in [6.07, 6.45) is 1.89. The van der Waals surface area contributed by atoms with Gasteiger partial charge in [-0.15, -0.1) is 0 Å². The molecule has 0 spiro atoms. The molecular weight excluding hydrogens is 404 g/mol. The highest BCUT2D eigenvalue weighted by molar-refractivity contribution is 6.04. The van der Waals surface area contributed by atoms with E-state index in [4.69, 9.17) is 0 Å². The summed E-state index contributed by atoms with van der Waals surface area (Å²) in [6.45, 7) is 3.63. The van der Waals surface area contributed by atoms with Crippen LogP contribution < -0.4 is 21.1 Å². The van der Waals surface area contributed by atoms with Gasteiger partial charge in [-0.25, -0.2) is 0 Å². The molecule has 2 aromatic rings. The molecule has 2 unspecified atom stereocenters. The van der Waals surface area contributed by atoms with Gasteiger partial charge in [0.25, 0.3) is 11.2 Å². The van der Waals surface area contributed by atoms with Gasteiger partial charge < -0.3 is 15.5 Å². The lowest BCUT2D eigenvalue weighted by Gasteiger charge is -2.32. The molecule has 11 nitrogen and oxygen atoms in total. The van der Waals surface area contributed by atoms with Crippen LogP contribution in [0.15, 0.2) is 29.1 Å². The van der Waals surface area contributed by atoms with Crippen molar-refractivity contribution in [1.29, 1.82) is 0 Å². The molecule has 2 amide bonds. The smallest absolute Gasteiger partial charge is 0.269 e. The molecule has 1 aromatic heterocycles. The number of fused-ring (bicyclic) bond motifs is 1. The third kappa shape index (κ3) is 4.25. The van der Waals surface area contributed by atoms with Crippen LogP contribution in [0.5, 0.6) is 0 Å². The molecule has 1 fully saturated rings. The van der Waals surface area contributed by atoms with Crippen molar-refractivity contribution in [2.24, 2.45) is 5.92 Å². The zero-order valence-corrected chi connectivity index (χ0v) is 16.9. The number of nitro groups is 1. The minimum Gasteiger partial charge on any atom is -0.342 e.